The molecule has 3 rings (SSSR count). The molecule has 1 aromatic rings. The van der Waals surface area contributed by atoms with Gasteiger partial charge in [0.25, 0.3) is 5.91 Å². The molecule has 0 radical (unpaired) electrons. The smallest absolute Gasteiger partial charge is 0.251 e. The van der Waals surface area contributed by atoms with Gasteiger partial charge in [-0.2, -0.15) is 4.31 Å². The van der Waals surface area contributed by atoms with Crippen molar-refractivity contribution in [1.29, 1.82) is 0 Å². The van der Waals surface area contributed by atoms with E-state index in [9.17, 15) is 13.2 Å². The van der Waals surface area contributed by atoms with Crippen LogP contribution in [0.15, 0.2) is 23.1 Å². The molecule has 26 heavy (non-hydrogen) atoms. The number of amides is 1. The predicted octanol–water partition coefficient (Wildman–Crippen LogP) is 3.62. The van der Waals surface area contributed by atoms with Crippen LogP contribution >= 0.6 is 0 Å². The highest BCUT2D eigenvalue weighted by atomic mass is 32.2. The maximum Gasteiger partial charge on any atom is 0.251 e. The van der Waals surface area contributed by atoms with Crippen molar-refractivity contribution in [2.75, 3.05) is 13.1 Å². The normalized spacial score (nSPS) is 20.5. The highest BCUT2D eigenvalue weighted by molar-refractivity contribution is 7.89. The summed E-state index contributed by atoms with van der Waals surface area (Å²) in [6, 6.07) is 5.23. The molecule has 1 aliphatic heterocycles. The molecule has 2 fully saturated rings. The minimum absolute atomic E-state index is 0.159. The summed E-state index contributed by atoms with van der Waals surface area (Å²) in [7, 11) is -3.52. The van der Waals surface area contributed by atoms with Crippen LogP contribution in [0.1, 0.15) is 73.7 Å². The van der Waals surface area contributed by atoms with Gasteiger partial charge in [0.15, 0.2) is 0 Å². The number of rotatable bonds is 4. The van der Waals surface area contributed by atoms with Crippen molar-refractivity contribution in [2.24, 2.45) is 0 Å². The first kappa shape index (κ1) is 19.4. The van der Waals surface area contributed by atoms with Crippen molar-refractivity contribution in [2.45, 2.75) is 75.6 Å². The number of carbonyl (C=O) groups excluding carboxylic acids is 1. The lowest BCUT2D eigenvalue weighted by atomic mass is 9.96. The Kier molecular flexibility index (Phi) is 6.35. The molecule has 1 heterocycles. The van der Waals surface area contributed by atoms with Gasteiger partial charge in [0.05, 0.1) is 4.90 Å². The van der Waals surface area contributed by atoms with E-state index < -0.39 is 10.0 Å². The first-order chi connectivity index (χ1) is 12.5. The van der Waals surface area contributed by atoms with Crippen molar-refractivity contribution in [3.63, 3.8) is 0 Å². The first-order valence-corrected chi connectivity index (χ1v) is 11.3. The number of sulfonamides is 1. The van der Waals surface area contributed by atoms with Gasteiger partial charge in [-0.05, 0) is 50.3 Å². The fourth-order valence-corrected chi connectivity index (χ4v) is 5.72. The lowest BCUT2D eigenvalue weighted by Crippen LogP contribution is -2.35. The van der Waals surface area contributed by atoms with Gasteiger partial charge >= 0.3 is 0 Å². The van der Waals surface area contributed by atoms with E-state index in [1.165, 1.54) is 23.6 Å². The number of carbonyl (C=O) groups is 1. The summed E-state index contributed by atoms with van der Waals surface area (Å²) in [6.07, 6.45) is 9.87. The minimum Gasteiger partial charge on any atom is -0.349 e. The molecular formula is C20H30N2O3S. The molecular weight excluding hydrogens is 348 g/mol. The highest BCUT2D eigenvalue weighted by Crippen LogP contribution is 2.25. The topological polar surface area (TPSA) is 66.5 Å². The summed E-state index contributed by atoms with van der Waals surface area (Å²) in [5.41, 5.74) is 1.13. The van der Waals surface area contributed by atoms with Crippen molar-refractivity contribution in [1.82, 2.24) is 9.62 Å². The predicted molar refractivity (Wildman–Crippen MR) is 103 cm³/mol. The molecule has 1 amide bonds. The minimum atomic E-state index is -3.52. The third-order valence-electron chi connectivity index (χ3n) is 5.57. The maximum atomic E-state index is 12.9. The quantitative estimate of drug-likeness (QED) is 0.870. The molecule has 0 bridgehead atoms. The van der Waals surface area contributed by atoms with Crippen LogP contribution in [-0.2, 0) is 10.0 Å². The van der Waals surface area contributed by atoms with Crippen molar-refractivity contribution in [3.8, 4) is 0 Å². The molecule has 144 valence electrons. The summed E-state index contributed by atoms with van der Waals surface area (Å²) >= 11 is 0. The summed E-state index contributed by atoms with van der Waals surface area (Å²) in [6.45, 7) is 2.93. The molecule has 0 atom stereocenters. The Balaban J connectivity index is 1.76. The second-order valence-electron chi connectivity index (χ2n) is 7.61. The Morgan fingerprint density at radius 1 is 1.00 bits per heavy atom. The molecule has 0 spiro atoms. The van der Waals surface area contributed by atoms with Gasteiger partial charge in [-0.25, -0.2) is 8.42 Å². The number of benzene rings is 1. The van der Waals surface area contributed by atoms with Crippen molar-refractivity contribution >= 4 is 15.9 Å². The number of hydrogen-bond acceptors (Lipinski definition) is 3. The Labute approximate surface area is 157 Å². The number of nitrogens with zero attached hydrogens (tertiary/aromatic N) is 1. The molecule has 1 saturated heterocycles. The number of hydrogen-bond donors (Lipinski definition) is 1. The molecule has 0 aromatic heterocycles. The second kappa shape index (κ2) is 8.53. The molecule has 0 unspecified atom stereocenters. The molecule has 2 aliphatic rings. The van der Waals surface area contributed by atoms with E-state index in [1.54, 1.807) is 25.1 Å². The van der Waals surface area contributed by atoms with Gasteiger partial charge in [-0.3, -0.25) is 4.79 Å². The molecule has 1 aromatic carbocycles. The first-order valence-electron chi connectivity index (χ1n) is 9.90. The van der Waals surface area contributed by atoms with Gasteiger partial charge in [-0.15, -0.1) is 0 Å². The van der Waals surface area contributed by atoms with E-state index in [1.807, 2.05) is 0 Å². The number of nitrogens with one attached hydrogen (secondary N) is 1. The second-order valence-corrected chi connectivity index (χ2v) is 9.51. The molecule has 5 nitrogen and oxygen atoms in total. The Morgan fingerprint density at radius 3 is 2.27 bits per heavy atom. The van der Waals surface area contributed by atoms with E-state index in [0.29, 0.717) is 24.2 Å². The summed E-state index contributed by atoms with van der Waals surface area (Å²) in [5, 5.41) is 3.12. The van der Waals surface area contributed by atoms with Crippen LogP contribution in [0.2, 0.25) is 0 Å². The van der Waals surface area contributed by atoms with Crippen LogP contribution in [0.4, 0.5) is 0 Å². The van der Waals surface area contributed by atoms with E-state index in [2.05, 4.69) is 5.32 Å². The van der Waals surface area contributed by atoms with Crippen LogP contribution in [-0.4, -0.2) is 37.8 Å². The van der Waals surface area contributed by atoms with Crippen LogP contribution in [0.25, 0.3) is 0 Å². The van der Waals surface area contributed by atoms with Crippen molar-refractivity contribution in [3.05, 3.63) is 29.3 Å². The van der Waals surface area contributed by atoms with Crippen LogP contribution in [0.5, 0.6) is 0 Å². The summed E-state index contributed by atoms with van der Waals surface area (Å²) in [5.74, 6) is -0.159. The van der Waals surface area contributed by atoms with Crippen molar-refractivity contribution < 1.29 is 13.2 Å². The standard InChI is InChI=1S/C20H30N2O3S/c1-16-11-12-17(15-19(16)26(24,25)22-13-7-8-14-22)20(23)21-18-9-5-3-2-4-6-10-18/h11-12,15,18H,2-10,13-14H2,1H3,(H,21,23). The third kappa shape index (κ3) is 4.46. The molecule has 1 N–H and O–H groups in total. The lowest BCUT2D eigenvalue weighted by molar-refractivity contribution is 0.0930. The average Bonchev–Trinajstić information content (AvgIpc) is 3.12. The van der Waals surface area contributed by atoms with Gasteiger partial charge in [-0.1, -0.05) is 38.2 Å². The van der Waals surface area contributed by atoms with E-state index in [0.717, 1.165) is 38.5 Å². The lowest BCUT2D eigenvalue weighted by Gasteiger charge is -2.22. The third-order valence-corrected chi connectivity index (χ3v) is 7.61. The van der Waals surface area contributed by atoms with E-state index in [4.69, 9.17) is 0 Å². The van der Waals surface area contributed by atoms with E-state index in [-0.39, 0.29) is 16.8 Å². The Hall–Kier alpha value is -1.40. The zero-order chi connectivity index (χ0) is 18.6. The van der Waals surface area contributed by atoms with Gasteiger partial charge < -0.3 is 5.32 Å². The SMILES string of the molecule is Cc1ccc(C(=O)NC2CCCCCCC2)cc1S(=O)(=O)N1CCCC1. The molecule has 1 saturated carbocycles. The monoisotopic (exact) mass is 378 g/mol. The number of aryl methyl sites for hydroxylation is 1. The average molecular weight is 379 g/mol. The zero-order valence-electron chi connectivity index (χ0n) is 15.7. The van der Waals surface area contributed by atoms with Crippen LogP contribution in [0.3, 0.4) is 0 Å². The zero-order valence-corrected chi connectivity index (χ0v) is 16.5. The Morgan fingerprint density at radius 2 is 1.62 bits per heavy atom. The molecule has 1 aliphatic carbocycles. The van der Waals surface area contributed by atoms with E-state index >= 15 is 0 Å². The van der Waals surface area contributed by atoms with Gasteiger partial charge in [0, 0.05) is 24.7 Å². The largest absolute Gasteiger partial charge is 0.349 e. The van der Waals surface area contributed by atoms with Gasteiger partial charge in [0.1, 0.15) is 0 Å². The fourth-order valence-electron chi connectivity index (χ4n) is 3.96. The summed E-state index contributed by atoms with van der Waals surface area (Å²) < 4.78 is 27.3. The fraction of sp³-hybridized carbons (Fsp3) is 0.650. The van der Waals surface area contributed by atoms with Crippen LogP contribution in [0, 0.1) is 6.92 Å². The summed E-state index contributed by atoms with van der Waals surface area (Å²) in [4.78, 5) is 13.0. The van der Waals surface area contributed by atoms with Gasteiger partial charge in [0.2, 0.25) is 10.0 Å². The highest BCUT2D eigenvalue weighted by Gasteiger charge is 2.29. The molecule has 6 heteroatoms. The maximum absolute atomic E-state index is 12.9. The van der Waals surface area contributed by atoms with Crippen LogP contribution < -0.4 is 5.32 Å². The Bertz CT molecular complexity index is 731.